The number of fused-ring (bicyclic) bond motifs is 1. The van der Waals surface area contributed by atoms with Gasteiger partial charge in [0, 0.05) is 12.2 Å². The van der Waals surface area contributed by atoms with Crippen molar-refractivity contribution >= 4 is 33.0 Å². The first-order valence-electron chi connectivity index (χ1n) is 9.31. The third kappa shape index (κ3) is 3.80. The predicted octanol–water partition coefficient (Wildman–Crippen LogP) is 0.617. The predicted molar refractivity (Wildman–Crippen MR) is 106 cm³/mol. The number of thiophene rings is 1. The number of amides is 1. The number of carbonyl (C=O) groups excluding carboxylic acids is 1. The van der Waals surface area contributed by atoms with Crippen LogP contribution in [0.2, 0.25) is 0 Å². The van der Waals surface area contributed by atoms with Crippen LogP contribution in [0.1, 0.15) is 12.0 Å². The molecule has 0 unspecified atom stereocenters. The summed E-state index contributed by atoms with van der Waals surface area (Å²) < 4.78 is 27.2. The Kier molecular flexibility index (Phi) is 5.32. The molecule has 144 valence electrons. The Morgan fingerprint density at radius 3 is 2.59 bits per heavy atom. The molecular weight excluding hydrogens is 382 g/mol. The van der Waals surface area contributed by atoms with Gasteiger partial charge in [-0.15, -0.1) is 11.3 Å². The normalized spacial score (nSPS) is 19.0. The van der Waals surface area contributed by atoms with Crippen molar-refractivity contribution in [3.63, 3.8) is 0 Å². The molecule has 0 saturated carbocycles. The second-order valence-corrected chi connectivity index (χ2v) is 10.2. The molecule has 1 aromatic heterocycles. The number of hydrogen-bond donors (Lipinski definition) is 1. The van der Waals surface area contributed by atoms with E-state index in [0.717, 1.165) is 30.0 Å². The Morgan fingerprint density at radius 1 is 1.07 bits per heavy atom. The Hall–Kier alpha value is -1.74. The molecule has 2 aromatic rings. The van der Waals surface area contributed by atoms with Gasteiger partial charge in [-0.3, -0.25) is 4.79 Å². The minimum atomic E-state index is -3.39. The Bertz CT molecular complexity index is 904. The van der Waals surface area contributed by atoms with Crippen LogP contribution >= 0.6 is 11.3 Å². The summed E-state index contributed by atoms with van der Waals surface area (Å²) in [7, 11) is -3.39. The number of anilines is 1. The highest BCUT2D eigenvalue weighted by Gasteiger charge is 2.33. The van der Waals surface area contributed by atoms with Crippen LogP contribution in [0.15, 0.2) is 46.0 Å². The van der Waals surface area contributed by atoms with Gasteiger partial charge in [-0.1, -0.05) is 24.3 Å². The molecule has 8 heteroatoms. The molecule has 2 aliphatic rings. The summed E-state index contributed by atoms with van der Waals surface area (Å²) in [6.07, 6.45) is 2.01. The van der Waals surface area contributed by atoms with E-state index in [1.807, 2.05) is 23.1 Å². The maximum Gasteiger partial charge on any atom is 0.282 e. The number of nitrogens with one attached hydrogen (secondary N) is 1. The lowest BCUT2D eigenvalue weighted by Gasteiger charge is -2.33. The van der Waals surface area contributed by atoms with E-state index < -0.39 is 10.0 Å². The number of nitrogens with zero attached hydrogens (tertiary/aromatic N) is 2. The maximum absolute atomic E-state index is 12.9. The number of sulfonamides is 1. The number of quaternary nitrogens is 1. The summed E-state index contributed by atoms with van der Waals surface area (Å²) in [5.74, 6) is 0.131. The van der Waals surface area contributed by atoms with Gasteiger partial charge in [-0.05, 0) is 35.9 Å². The van der Waals surface area contributed by atoms with Gasteiger partial charge < -0.3 is 9.80 Å². The third-order valence-electron chi connectivity index (χ3n) is 5.33. The van der Waals surface area contributed by atoms with Crippen LogP contribution in [0.5, 0.6) is 0 Å². The van der Waals surface area contributed by atoms with E-state index in [4.69, 9.17) is 0 Å². The van der Waals surface area contributed by atoms with Gasteiger partial charge in [0.15, 0.2) is 6.54 Å². The monoisotopic (exact) mass is 406 g/mol. The molecule has 1 fully saturated rings. The molecule has 4 rings (SSSR count). The fourth-order valence-electron chi connectivity index (χ4n) is 3.86. The highest BCUT2D eigenvalue weighted by Crippen LogP contribution is 2.26. The molecule has 1 saturated heterocycles. The summed E-state index contributed by atoms with van der Waals surface area (Å²) in [5, 5.41) is 1.78. The largest absolute Gasteiger partial charge is 0.325 e. The van der Waals surface area contributed by atoms with Crippen molar-refractivity contribution < 1.29 is 18.1 Å². The summed E-state index contributed by atoms with van der Waals surface area (Å²) >= 11 is 1.25. The Balaban J connectivity index is 1.37. The zero-order chi connectivity index (χ0) is 18.9. The quantitative estimate of drug-likeness (QED) is 0.810. The van der Waals surface area contributed by atoms with Crippen LogP contribution in [0.4, 0.5) is 5.69 Å². The second-order valence-electron chi connectivity index (χ2n) is 7.04. The van der Waals surface area contributed by atoms with Crippen molar-refractivity contribution in [2.75, 3.05) is 44.2 Å². The smallest absolute Gasteiger partial charge is 0.282 e. The van der Waals surface area contributed by atoms with E-state index in [1.54, 1.807) is 21.8 Å². The van der Waals surface area contributed by atoms with Gasteiger partial charge >= 0.3 is 0 Å². The van der Waals surface area contributed by atoms with Crippen molar-refractivity contribution in [2.24, 2.45) is 0 Å². The highest BCUT2D eigenvalue weighted by atomic mass is 32.2. The first-order chi connectivity index (χ1) is 13.1. The van der Waals surface area contributed by atoms with E-state index in [-0.39, 0.29) is 5.91 Å². The van der Waals surface area contributed by atoms with Gasteiger partial charge in [0.05, 0.1) is 26.2 Å². The van der Waals surface area contributed by atoms with Crippen LogP contribution in [-0.2, 0) is 21.2 Å². The van der Waals surface area contributed by atoms with Crippen LogP contribution in [0, 0.1) is 0 Å². The van der Waals surface area contributed by atoms with Crippen molar-refractivity contribution in [1.82, 2.24) is 4.31 Å². The molecular formula is C19H24N3O3S2+. The first-order valence-corrected chi connectivity index (χ1v) is 11.6. The zero-order valence-electron chi connectivity index (χ0n) is 15.1. The molecule has 1 N–H and O–H groups in total. The Labute approximate surface area is 164 Å². The van der Waals surface area contributed by atoms with E-state index in [9.17, 15) is 13.2 Å². The molecule has 1 aromatic carbocycles. The topological polar surface area (TPSA) is 62.1 Å². The number of rotatable bonds is 4. The van der Waals surface area contributed by atoms with Gasteiger partial charge in [0.1, 0.15) is 4.21 Å². The summed E-state index contributed by atoms with van der Waals surface area (Å²) in [5.41, 5.74) is 2.27. The van der Waals surface area contributed by atoms with Crippen LogP contribution < -0.4 is 9.80 Å². The van der Waals surface area contributed by atoms with E-state index in [1.165, 1.54) is 16.9 Å². The average Bonchev–Trinajstić information content (AvgIpc) is 3.24. The molecule has 0 atom stereocenters. The van der Waals surface area contributed by atoms with Crippen molar-refractivity contribution in [1.29, 1.82) is 0 Å². The van der Waals surface area contributed by atoms with Gasteiger partial charge in [0.25, 0.3) is 15.9 Å². The molecule has 0 radical (unpaired) electrons. The standard InChI is InChI=1S/C19H23N3O3S2/c23-18(22-9-3-6-16-5-1-2-7-17(16)22)15-20-10-12-21(13-11-20)27(24,25)19-8-4-14-26-19/h1-2,4-5,7-8,14H,3,6,9-13,15H2/p+1. The Morgan fingerprint density at radius 2 is 1.85 bits per heavy atom. The number of aryl methyl sites for hydroxylation is 1. The lowest BCUT2D eigenvalue weighted by molar-refractivity contribution is -0.895. The molecule has 0 bridgehead atoms. The third-order valence-corrected chi connectivity index (χ3v) is 8.60. The lowest BCUT2D eigenvalue weighted by atomic mass is 10.0. The summed E-state index contributed by atoms with van der Waals surface area (Å²) in [6.45, 7) is 3.42. The van der Waals surface area contributed by atoms with Crippen molar-refractivity contribution in [2.45, 2.75) is 17.1 Å². The molecule has 0 spiro atoms. The molecule has 0 aliphatic carbocycles. The van der Waals surface area contributed by atoms with Crippen molar-refractivity contribution in [3.05, 3.63) is 47.3 Å². The highest BCUT2D eigenvalue weighted by molar-refractivity contribution is 7.91. The van der Waals surface area contributed by atoms with Crippen LogP contribution in [0.25, 0.3) is 0 Å². The fourth-order valence-corrected chi connectivity index (χ4v) is 6.45. The zero-order valence-corrected chi connectivity index (χ0v) is 16.8. The first kappa shape index (κ1) is 18.6. The summed E-state index contributed by atoms with van der Waals surface area (Å²) in [4.78, 5) is 15.9. The SMILES string of the molecule is O=C(C[NH+]1CCN(S(=O)(=O)c2cccs2)CC1)N1CCCc2ccccc21. The van der Waals surface area contributed by atoms with Gasteiger partial charge in [-0.2, -0.15) is 4.31 Å². The summed E-state index contributed by atoms with van der Waals surface area (Å²) in [6, 6.07) is 11.5. The molecule has 3 heterocycles. The average molecular weight is 407 g/mol. The number of hydrogen-bond acceptors (Lipinski definition) is 4. The van der Waals surface area contributed by atoms with E-state index in [2.05, 4.69) is 6.07 Å². The van der Waals surface area contributed by atoms with Gasteiger partial charge in [-0.25, -0.2) is 8.42 Å². The van der Waals surface area contributed by atoms with Crippen molar-refractivity contribution in [3.8, 4) is 0 Å². The number of piperazine rings is 1. The van der Waals surface area contributed by atoms with Crippen LogP contribution in [-0.4, -0.2) is 57.9 Å². The maximum atomic E-state index is 12.9. The minimum Gasteiger partial charge on any atom is -0.325 e. The second kappa shape index (κ2) is 7.71. The number of carbonyl (C=O) groups is 1. The van der Waals surface area contributed by atoms with Gasteiger partial charge in [0.2, 0.25) is 0 Å². The number of para-hydroxylation sites is 1. The minimum absolute atomic E-state index is 0.131. The molecule has 1 amide bonds. The molecule has 27 heavy (non-hydrogen) atoms. The number of benzene rings is 1. The van der Waals surface area contributed by atoms with Crippen LogP contribution in [0.3, 0.4) is 0 Å². The van der Waals surface area contributed by atoms with E-state index >= 15 is 0 Å². The lowest BCUT2D eigenvalue weighted by Crippen LogP contribution is -3.15. The molecule has 2 aliphatic heterocycles. The molecule has 6 nitrogen and oxygen atoms in total. The fraction of sp³-hybridized carbons (Fsp3) is 0.421. The van der Waals surface area contributed by atoms with E-state index in [0.29, 0.717) is 36.9 Å².